The van der Waals surface area contributed by atoms with Crippen LogP contribution in [0.1, 0.15) is 12.8 Å². The van der Waals surface area contributed by atoms with Gasteiger partial charge in [0.2, 0.25) is 21.7 Å². The lowest BCUT2D eigenvalue weighted by Gasteiger charge is -2.07. The van der Waals surface area contributed by atoms with E-state index in [0.29, 0.717) is 23.1 Å². The zero-order chi connectivity index (χ0) is 21.3. The van der Waals surface area contributed by atoms with E-state index in [9.17, 15) is 18.0 Å². The van der Waals surface area contributed by atoms with E-state index in [1.54, 1.807) is 43.3 Å². The van der Waals surface area contributed by atoms with Gasteiger partial charge in [0.15, 0.2) is 0 Å². The van der Waals surface area contributed by atoms with Gasteiger partial charge in [-0.15, -0.1) is 0 Å². The van der Waals surface area contributed by atoms with Gasteiger partial charge in [0.05, 0.1) is 22.5 Å². The fourth-order valence-electron chi connectivity index (χ4n) is 3.02. The van der Waals surface area contributed by atoms with E-state index in [1.165, 1.54) is 16.7 Å². The molecule has 0 unspecified atom stereocenters. The van der Waals surface area contributed by atoms with Crippen LogP contribution in [0.5, 0.6) is 0 Å². The van der Waals surface area contributed by atoms with Gasteiger partial charge in [0.25, 0.3) is 0 Å². The van der Waals surface area contributed by atoms with Crippen molar-refractivity contribution in [3.63, 3.8) is 0 Å². The van der Waals surface area contributed by atoms with Crippen molar-refractivity contribution in [3.8, 4) is 11.4 Å². The molecule has 154 valence electrons. The Morgan fingerprint density at radius 3 is 2.63 bits per heavy atom. The molecule has 2 aromatic carbocycles. The van der Waals surface area contributed by atoms with E-state index >= 15 is 0 Å². The van der Waals surface area contributed by atoms with Crippen LogP contribution in [-0.2, 0) is 23.1 Å². The molecule has 30 heavy (non-hydrogen) atoms. The van der Waals surface area contributed by atoms with E-state index in [2.05, 4.69) is 19.8 Å². The number of nitrogens with zero attached hydrogens (tertiary/aromatic N) is 3. The summed E-state index contributed by atoms with van der Waals surface area (Å²) in [5.74, 6) is 0.303. The summed E-state index contributed by atoms with van der Waals surface area (Å²) in [5.41, 5.74) is 0.233. The minimum atomic E-state index is -3.71. The maximum Gasteiger partial charge on any atom is 0.316 e. The smallest absolute Gasteiger partial charge is 0.316 e. The van der Waals surface area contributed by atoms with Crippen LogP contribution in [0.15, 0.2) is 67.5 Å². The van der Waals surface area contributed by atoms with Crippen molar-refractivity contribution in [2.75, 3.05) is 0 Å². The zero-order valence-electron chi connectivity index (χ0n) is 15.8. The molecule has 0 amide bonds. The van der Waals surface area contributed by atoms with Crippen molar-refractivity contribution in [1.82, 2.24) is 24.4 Å². The van der Waals surface area contributed by atoms with E-state index in [-0.39, 0.29) is 23.2 Å². The predicted molar refractivity (Wildman–Crippen MR) is 108 cm³/mol. The Hall–Kier alpha value is -3.57. The van der Waals surface area contributed by atoms with Gasteiger partial charge in [-0.2, -0.15) is 4.98 Å². The third kappa shape index (κ3) is 3.67. The van der Waals surface area contributed by atoms with Crippen molar-refractivity contribution < 1.29 is 12.9 Å². The van der Waals surface area contributed by atoms with Crippen molar-refractivity contribution >= 4 is 21.1 Å². The number of rotatable bonds is 6. The number of sulfonamides is 1. The van der Waals surface area contributed by atoms with Gasteiger partial charge < -0.3 is 14.1 Å². The summed E-state index contributed by atoms with van der Waals surface area (Å²) in [6.07, 6.45) is 0. The van der Waals surface area contributed by atoms with Crippen molar-refractivity contribution in [2.24, 2.45) is 0 Å². The fourth-order valence-corrected chi connectivity index (χ4v) is 4.01. The third-order valence-corrected chi connectivity index (χ3v) is 5.90. The Morgan fingerprint density at radius 1 is 1.13 bits per heavy atom. The van der Waals surface area contributed by atoms with Crippen molar-refractivity contribution in [3.05, 3.63) is 75.1 Å². The molecular formula is C19H17N5O5S. The summed E-state index contributed by atoms with van der Waals surface area (Å²) in [5, 5.41) is 3.87. The molecule has 2 heterocycles. The Labute approximate surface area is 170 Å². The largest absolute Gasteiger partial charge is 0.338 e. The SMILES string of the molecule is CCn1c(=O)c(=O)[nH]c2cc(-c3noc(CNS(=O)(=O)c4ccccc4)n3)ccc21. The summed E-state index contributed by atoms with van der Waals surface area (Å²) in [6, 6.07) is 12.9. The number of nitrogens with one attached hydrogen (secondary N) is 2. The highest BCUT2D eigenvalue weighted by atomic mass is 32.2. The number of benzene rings is 2. The van der Waals surface area contributed by atoms with Crippen LogP contribution in [0.25, 0.3) is 22.4 Å². The summed E-state index contributed by atoms with van der Waals surface area (Å²) < 4.78 is 33.5. The normalized spacial score (nSPS) is 11.8. The van der Waals surface area contributed by atoms with Gasteiger partial charge in [0.1, 0.15) is 0 Å². The molecule has 2 N–H and O–H groups in total. The highest BCUT2D eigenvalue weighted by Crippen LogP contribution is 2.20. The first-order valence-corrected chi connectivity index (χ1v) is 10.5. The molecule has 0 aliphatic carbocycles. The monoisotopic (exact) mass is 427 g/mol. The lowest BCUT2D eigenvalue weighted by molar-refractivity contribution is 0.376. The molecule has 0 atom stereocenters. The first kappa shape index (κ1) is 19.7. The second-order valence-corrected chi connectivity index (χ2v) is 8.15. The van der Waals surface area contributed by atoms with Crippen molar-refractivity contribution in [1.29, 1.82) is 0 Å². The summed E-state index contributed by atoms with van der Waals surface area (Å²) in [6.45, 7) is 1.95. The molecule has 2 aromatic heterocycles. The second-order valence-electron chi connectivity index (χ2n) is 6.38. The summed E-state index contributed by atoms with van der Waals surface area (Å²) in [4.78, 5) is 30.7. The molecule has 0 radical (unpaired) electrons. The summed E-state index contributed by atoms with van der Waals surface area (Å²) >= 11 is 0. The van der Waals surface area contributed by atoms with Crippen molar-refractivity contribution in [2.45, 2.75) is 24.9 Å². The van der Waals surface area contributed by atoms with Gasteiger partial charge in [-0.05, 0) is 37.3 Å². The van der Waals surface area contributed by atoms with Crippen LogP contribution in [0.2, 0.25) is 0 Å². The molecule has 0 aliphatic rings. The molecule has 0 fully saturated rings. The van der Waals surface area contributed by atoms with E-state index in [1.807, 2.05) is 0 Å². The van der Waals surface area contributed by atoms with E-state index in [0.717, 1.165) is 0 Å². The van der Waals surface area contributed by atoms with Crippen LogP contribution in [0.4, 0.5) is 0 Å². The minimum absolute atomic E-state index is 0.0802. The molecule has 0 saturated heterocycles. The number of H-pyrrole nitrogens is 1. The number of aromatic amines is 1. The van der Waals surface area contributed by atoms with Gasteiger partial charge in [0, 0.05) is 12.1 Å². The summed E-state index contributed by atoms with van der Waals surface area (Å²) in [7, 11) is -3.71. The molecule has 0 saturated carbocycles. The minimum Gasteiger partial charge on any atom is -0.338 e. The standard InChI is InChI=1S/C19H17N5O5S/c1-2-24-15-9-8-12(10-14(15)21-18(25)19(24)26)17-22-16(29-23-17)11-20-30(27,28)13-6-4-3-5-7-13/h3-10,20H,2,11H2,1H3,(H,21,25). The maximum atomic E-state index is 12.3. The Morgan fingerprint density at radius 2 is 1.90 bits per heavy atom. The topological polar surface area (TPSA) is 140 Å². The highest BCUT2D eigenvalue weighted by molar-refractivity contribution is 7.89. The third-order valence-electron chi connectivity index (χ3n) is 4.48. The Kier molecular flexibility index (Phi) is 5.06. The Bertz CT molecular complexity index is 1440. The molecule has 4 aromatic rings. The predicted octanol–water partition coefficient (Wildman–Crippen LogP) is 1.24. The maximum absolute atomic E-state index is 12.3. The number of fused-ring (bicyclic) bond motifs is 1. The average Bonchev–Trinajstić information content (AvgIpc) is 3.23. The van der Waals surface area contributed by atoms with E-state index < -0.39 is 21.1 Å². The highest BCUT2D eigenvalue weighted by Gasteiger charge is 2.16. The number of hydrogen-bond acceptors (Lipinski definition) is 7. The van der Waals surface area contributed by atoms with Gasteiger partial charge in [-0.25, -0.2) is 13.1 Å². The first-order chi connectivity index (χ1) is 14.4. The molecular weight excluding hydrogens is 410 g/mol. The molecule has 10 nitrogen and oxygen atoms in total. The average molecular weight is 427 g/mol. The second kappa shape index (κ2) is 7.69. The molecule has 0 spiro atoms. The Balaban J connectivity index is 1.60. The van der Waals surface area contributed by atoms with Gasteiger partial charge in [-0.3, -0.25) is 9.59 Å². The van der Waals surface area contributed by atoms with Crippen LogP contribution in [0.3, 0.4) is 0 Å². The number of hydrogen-bond donors (Lipinski definition) is 2. The number of aromatic nitrogens is 4. The molecule has 0 bridgehead atoms. The first-order valence-electron chi connectivity index (χ1n) is 9.03. The number of aryl methyl sites for hydroxylation is 1. The van der Waals surface area contributed by atoms with Gasteiger partial charge >= 0.3 is 11.1 Å². The van der Waals surface area contributed by atoms with Crippen LogP contribution in [-0.4, -0.2) is 28.1 Å². The molecule has 11 heteroatoms. The van der Waals surface area contributed by atoms with Crippen LogP contribution < -0.4 is 15.8 Å². The molecule has 0 aliphatic heterocycles. The lowest BCUT2D eigenvalue weighted by Crippen LogP contribution is -2.35. The molecule has 4 rings (SSSR count). The fraction of sp³-hybridized carbons (Fsp3) is 0.158. The zero-order valence-corrected chi connectivity index (χ0v) is 16.6. The van der Waals surface area contributed by atoms with E-state index in [4.69, 9.17) is 4.52 Å². The lowest BCUT2D eigenvalue weighted by atomic mass is 10.2. The van der Waals surface area contributed by atoms with Crippen LogP contribution in [0, 0.1) is 0 Å². The quantitative estimate of drug-likeness (QED) is 0.441. The van der Waals surface area contributed by atoms with Crippen LogP contribution >= 0.6 is 0 Å². The van der Waals surface area contributed by atoms with Gasteiger partial charge in [-0.1, -0.05) is 23.4 Å².